The molecule has 14 heavy (non-hydrogen) atoms. The monoisotopic (exact) mass is 196 g/mol. The highest BCUT2D eigenvalue weighted by Crippen LogP contribution is 2.42. The van der Waals surface area contributed by atoms with E-state index in [4.69, 9.17) is 0 Å². The van der Waals surface area contributed by atoms with E-state index in [-0.39, 0.29) is 0 Å². The molecule has 2 aliphatic rings. The van der Waals surface area contributed by atoms with E-state index < -0.39 is 0 Å². The number of hydrogen-bond donors (Lipinski definition) is 0. The number of nitrogens with zero attached hydrogens (tertiary/aromatic N) is 2. The van der Waals surface area contributed by atoms with Crippen LogP contribution in [0.5, 0.6) is 0 Å². The average Bonchev–Trinajstić information content (AvgIpc) is 2.58. The summed E-state index contributed by atoms with van der Waals surface area (Å²) in [6, 6.07) is 2.31. The number of hydrazine groups is 1. The van der Waals surface area contributed by atoms with Crippen molar-refractivity contribution in [3.8, 4) is 0 Å². The second-order valence-electron chi connectivity index (χ2n) is 6.11. The van der Waals surface area contributed by atoms with E-state index in [2.05, 4.69) is 44.6 Å². The molecular formula is C12H24N2. The van der Waals surface area contributed by atoms with Gasteiger partial charge in [-0.3, -0.25) is 0 Å². The molecule has 1 heterocycles. The van der Waals surface area contributed by atoms with Gasteiger partial charge in [-0.2, -0.15) is 0 Å². The van der Waals surface area contributed by atoms with Crippen LogP contribution in [-0.2, 0) is 0 Å². The van der Waals surface area contributed by atoms with Crippen LogP contribution in [0.4, 0.5) is 0 Å². The Balaban J connectivity index is 2.22. The van der Waals surface area contributed by atoms with Gasteiger partial charge in [-0.1, -0.05) is 0 Å². The van der Waals surface area contributed by atoms with E-state index in [1.165, 1.54) is 19.3 Å². The molecule has 0 amide bonds. The standard InChI is InChI=1S/C12H24N2/c1-9(2)13-10-6-7-11(8-10)14(13)12(3,4)5/h9-11H,6-8H2,1-5H3. The zero-order valence-electron chi connectivity index (χ0n) is 10.2. The Hall–Kier alpha value is -0.0800. The topological polar surface area (TPSA) is 6.48 Å². The minimum Gasteiger partial charge on any atom is -0.235 e. The van der Waals surface area contributed by atoms with Crippen LogP contribution in [0, 0.1) is 0 Å². The fourth-order valence-corrected chi connectivity index (χ4v) is 3.33. The van der Waals surface area contributed by atoms with Crippen LogP contribution in [0.2, 0.25) is 0 Å². The van der Waals surface area contributed by atoms with Crippen molar-refractivity contribution in [2.24, 2.45) is 0 Å². The van der Waals surface area contributed by atoms with Crippen LogP contribution in [-0.4, -0.2) is 33.7 Å². The Kier molecular flexibility index (Phi) is 2.39. The second kappa shape index (κ2) is 3.21. The Morgan fingerprint density at radius 1 is 1.07 bits per heavy atom. The maximum Gasteiger partial charge on any atom is 0.0275 e. The van der Waals surface area contributed by atoms with E-state index in [1.54, 1.807) is 0 Å². The lowest BCUT2D eigenvalue weighted by Crippen LogP contribution is -2.58. The lowest BCUT2D eigenvalue weighted by molar-refractivity contribution is -0.132. The Bertz CT molecular complexity index is 217. The minimum absolute atomic E-state index is 0.296. The van der Waals surface area contributed by atoms with Gasteiger partial charge < -0.3 is 0 Å². The minimum atomic E-state index is 0.296. The second-order valence-corrected chi connectivity index (χ2v) is 6.11. The first-order chi connectivity index (χ1) is 6.41. The molecule has 0 aromatic carbocycles. The van der Waals surface area contributed by atoms with E-state index in [0.29, 0.717) is 11.6 Å². The summed E-state index contributed by atoms with van der Waals surface area (Å²) < 4.78 is 0. The van der Waals surface area contributed by atoms with Crippen LogP contribution in [0.3, 0.4) is 0 Å². The van der Waals surface area contributed by atoms with Gasteiger partial charge in [-0.25, -0.2) is 10.0 Å². The van der Waals surface area contributed by atoms with Crippen molar-refractivity contribution in [1.82, 2.24) is 10.0 Å². The third kappa shape index (κ3) is 1.49. The summed E-state index contributed by atoms with van der Waals surface area (Å²) in [4.78, 5) is 0. The van der Waals surface area contributed by atoms with Gasteiger partial charge >= 0.3 is 0 Å². The van der Waals surface area contributed by atoms with E-state index in [0.717, 1.165) is 12.1 Å². The largest absolute Gasteiger partial charge is 0.235 e. The van der Waals surface area contributed by atoms with Gasteiger partial charge in [0.2, 0.25) is 0 Å². The molecule has 1 saturated heterocycles. The Morgan fingerprint density at radius 3 is 2.07 bits per heavy atom. The summed E-state index contributed by atoms with van der Waals surface area (Å²) in [5.41, 5.74) is 0.296. The van der Waals surface area contributed by atoms with Crippen molar-refractivity contribution < 1.29 is 0 Å². The molecule has 82 valence electrons. The summed E-state index contributed by atoms with van der Waals surface area (Å²) in [6.07, 6.45) is 4.22. The number of hydrogen-bond acceptors (Lipinski definition) is 2. The van der Waals surface area contributed by atoms with Crippen molar-refractivity contribution in [3.63, 3.8) is 0 Å². The van der Waals surface area contributed by atoms with Gasteiger partial charge in [-0.15, -0.1) is 0 Å². The van der Waals surface area contributed by atoms with Crippen LogP contribution < -0.4 is 0 Å². The third-order valence-corrected chi connectivity index (χ3v) is 3.56. The lowest BCUT2D eigenvalue weighted by atomic mass is 10.0. The molecule has 0 radical (unpaired) electrons. The lowest BCUT2D eigenvalue weighted by Gasteiger charge is -2.48. The van der Waals surface area contributed by atoms with Crippen molar-refractivity contribution in [2.45, 2.75) is 77.5 Å². The molecule has 2 nitrogen and oxygen atoms in total. The molecule has 1 saturated carbocycles. The Labute approximate surface area is 88.2 Å². The fraction of sp³-hybridized carbons (Fsp3) is 1.00. The van der Waals surface area contributed by atoms with Crippen molar-refractivity contribution in [1.29, 1.82) is 0 Å². The molecule has 0 aromatic rings. The van der Waals surface area contributed by atoms with Gasteiger partial charge in [-0.05, 0) is 53.9 Å². The molecule has 0 spiro atoms. The molecule has 2 heteroatoms. The molecule has 2 bridgehead atoms. The first kappa shape index (κ1) is 10.4. The van der Waals surface area contributed by atoms with E-state index in [9.17, 15) is 0 Å². The normalized spacial score (nSPS) is 34.7. The van der Waals surface area contributed by atoms with E-state index >= 15 is 0 Å². The number of fused-ring (bicyclic) bond motifs is 2. The molecule has 1 aliphatic heterocycles. The Morgan fingerprint density at radius 2 is 1.64 bits per heavy atom. The van der Waals surface area contributed by atoms with Crippen molar-refractivity contribution in [3.05, 3.63) is 0 Å². The number of rotatable bonds is 1. The van der Waals surface area contributed by atoms with Gasteiger partial charge in [0.15, 0.2) is 0 Å². The van der Waals surface area contributed by atoms with E-state index in [1.807, 2.05) is 0 Å². The SMILES string of the molecule is CC(C)N1C2CCC(C2)N1C(C)(C)C. The highest BCUT2D eigenvalue weighted by molar-refractivity contribution is 4.99. The smallest absolute Gasteiger partial charge is 0.0275 e. The molecule has 2 fully saturated rings. The molecular weight excluding hydrogens is 172 g/mol. The summed E-state index contributed by atoms with van der Waals surface area (Å²) in [5, 5.41) is 5.28. The maximum atomic E-state index is 2.64. The predicted octanol–water partition coefficient (Wildman–Crippen LogP) is 2.65. The van der Waals surface area contributed by atoms with Crippen molar-refractivity contribution >= 4 is 0 Å². The summed E-state index contributed by atoms with van der Waals surface area (Å²) in [6.45, 7) is 11.6. The molecule has 2 atom stereocenters. The highest BCUT2D eigenvalue weighted by Gasteiger charge is 2.49. The highest BCUT2D eigenvalue weighted by atomic mass is 15.7. The van der Waals surface area contributed by atoms with Crippen LogP contribution in [0.25, 0.3) is 0 Å². The summed E-state index contributed by atoms with van der Waals surface area (Å²) in [7, 11) is 0. The van der Waals surface area contributed by atoms with Gasteiger partial charge in [0.1, 0.15) is 0 Å². The van der Waals surface area contributed by atoms with Gasteiger partial charge in [0.05, 0.1) is 0 Å². The zero-order chi connectivity index (χ0) is 10.5. The molecule has 1 aliphatic carbocycles. The zero-order valence-corrected chi connectivity index (χ0v) is 10.2. The van der Waals surface area contributed by atoms with Gasteiger partial charge in [0.25, 0.3) is 0 Å². The van der Waals surface area contributed by atoms with Crippen LogP contribution in [0.1, 0.15) is 53.9 Å². The molecule has 0 N–H and O–H groups in total. The van der Waals surface area contributed by atoms with Crippen LogP contribution >= 0.6 is 0 Å². The summed E-state index contributed by atoms with van der Waals surface area (Å²) >= 11 is 0. The molecule has 0 aromatic heterocycles. The molecule has 2 rings (SSSR count). The average molecular weight is 196 g/mol. The summed E-state index contributed by atoms with van der Waals surface area (Å²) in [5.74, 6) is 0. The predicted molar refractivity (Wildman–Crippen MR) is 60.0 cm³/mol. The van der Waals surface area contributed by atoms with Crippen LogP contribution in [0.15, 0.2) is 0 Å². The van der Waals surface area contributed by atoms with Crippen molar-refractivity contribution in [2.75, 3.05) is 0 Å². The maximum absolute atomic E-state index is 2.64. The first-order valence-corrected chi connectivity index (χ1v) is 5.99. The van der Waals surface area contributed by atoms with Gasteiger partial charge in [0, 0.05) is 23.7 Å². The third-order valence-electron chi connectivity index (χ3n) is 3.56. The quantitative estimate of drug-likeness (QED) is 0.636. The first-order valence-electron chi connectivity index (χ1n) is 5.99. The molecule has 2 unspecified atom stereocenters. The fourth-order valence-electron chi connectivity index (χ4n) is 3.33.